The van der Waals surface area contributed by atoms with Crippen LogP contribution in [0.5, 0.6) is 0 Å². The van der Waals surface area contributed by atoms with Crippen LogP contribution in [0.1, 0.15) is 10.4 Å². The first-order valence-electron chi connectivity index (χ1n) is 9.93. The Morgan fingerprint density at radius 1 is 1.06 bits per heavy atom. The van der Waals surface area contributed by atoms with Crippen LogP contribution in [0.3, 0.4) is 0 Å². The molecule has 0 unspecified atom stereocenters. The van der Waals surface area contributed by atoms with E-state index in [4.69, 9.17) is 0 Å². The Morgan fingerprint density at radius 3 is 2.52 bits per heavy atom. The molecule has 0 fully saturated rings. The largest absolute Gasteiger partial charge is 0.416 e. The summed E-state index contributed by atoms with van der Waals surface area (Å²) in [6.45, 7) is 0.417. The molecule has 4 rings (SSSR count). The van der Waals surface area contributed by atoms with Crippen LogP contribution in [-0.2, 0) is 23.9 Å². The molecule has 5 nitrogen and oxygen atoms in total. The zero-order valence-electron chi connectivity index (χ0n) is 17.1. The molecule has 0 saturated heterocycles. The molecule has 0 bridgehead atoms. The van der Waals surface area contributed by atoms with E-state index in [2.05, 4.69) is 10.3 Å². The van der Waals surface area contributed by atoms with Gasteiger partial charge in [0.2, 0.25) is 5.91 Å². The van der Waals surface area contributed by atoms with Crippen molar-refractivity contribution in [3.63, 3.8) is 0 Å². The monoisotopic (exact) mass is 489 g/mol. The number of carbonyl (C=O) groups is 1. The van der Waals surface area contributed by atoms with Crippen LogP contribution in [0.15, 0.2) is 76.0 Å². The van der Waals surface area contributed by atoms with Crippen LogP contribution in [0.2, 0.25) is 0 Å². The van der Waals surface area contributed by atoms with Gasteiger partial charge in [-0.2, -0.15) is 13.2 Å². The highest BCUT2D eigenvalue weighted by Gasteiger charge is 2.30. The van der Waals surface area contributed by atoms with Gasteiger partial charge in [-0.1, -0.05) is 30.0 Å². The predicted octanol–water partition coefficient (Wildman–Crippen LogP) is 5.45. The highest BCUT2D eigenvalue weighted by atomic mass is 32.2. The fourth-order valence-corrected chi connectivity index (χ4v) is 4.73. The smallest absolute Gasteiger partial charge is 0.325 e. The van der Waals surface area contributed by atoms with Crippen molar-refractivity contribution < 1.29 is 18.0 Å². The second-order valence-corrected chi connectivity index (χ2v) is 9.08. The lowest BCUT2D eigenvalue weighted by molar-refractivity contribution is -0.137. The third-order valence-electron chi connectivity index (χ3n) is 4.82. The lowest BCUT2D eigenvalue weighted by atomic mass is 10.2. The molecule has 0 radical (unpaired) electrons. The molecule has 0 atom stereocenters. The second kappa shape index (κ2) is 9.80. The highest BCUT2D eigenvalue weighted by Crippen LogP contribution is 2.30. The number of hydrogen-bond acceptors (Lipinski definition) is 5. The minimum absolute atomic E-state index is 0.0508. The Morgan fingerprint density at radius 2 is 1.82 bits per heavy atom. The maximum absolute atomic E-state index is 13.1. The number of carbonyl (C=O) groups excluding carboxylic acids is 1. The normalized spacial score (nSPS) is 11.6. The van der Waals surface area contributed by atoms with Gasteiger partial charge >= 0.3 is 6.18 Å². The van der Waals surface area contributed by atoms with E-state index in [1.807, 2.05) is 17.5 Å². The number of rotatable bonds is 7. The van der Waals surface area contributed by atoms with Crippen molar-refractivity contribution in [1.29, 1.82) is 0 Å². The summed E-state index contributed by atoms with van der Waals surface area (Å²) in [5.74, 6) is -0.461. The van der Waals surface area contributed by atoms with Gasteiger partial charge in [0.25, 0.3) is 5.56 Å². The first kappa shape index (κ1) is 23.1. The van der Waals surface area contributed by atoms with E-state index in [-0.39, 0.29) is 17.0 Å². The van der Waals surface area contributed by atoms with Crippen LogP contribution in [0.4, 0.5) is 18.9 Å². The maximum Gasteiger partial charge on any atom is 0.416 e. The zero-order chi connectivity index (χ0) is 23.4. The minimum Gasteiger partial charge on any atom is -0.325 e. The number of aromatic nitrogens is 2. The van der Waals surface area contributed by atoms with Gasteiger partial charge < -0.3 is 5.32 Å². The average Bonchev–Trinajstić information content (AvgIpc) is 3.31. The standard InChI is InChI=1S/C23H18F3N3O2S2/c24-23(25,26)15-7-9-16(10-8-15)27-20(30)14-33-22-28-19-6-2-1-5-18(19)21(31)29(22)12-11-17-4-3-13-32-17/h1-10,13H,11-12,14H2,(H,27,30). The number of fused-ring (bicyclic) bond motifs is 1. The summed E-state index contributed by atoms with van der Waals surface area (Å²) in [6.07, 6.45) is -3.78. The van der Waals surface area contributed by atoms with E-state index >= 15 is 0 Å². The van der Waals surface area contributed by atoms with Crippen molar-refractivity contribution in [3.05, 3.63) is 86.8 Å². The molecule has 33 heavy (non-hydrogen) atoms. The SMILES string of the molecule is O=C(CSc1nc2ccccc2c(=O)n1CCc1cccs1)Nc1ccc(C(F)(F)F)cc1. The van der Waals surface area contributed by atoms with Crippen LogP contribution in [0, 0.1) is 0 Å². The number of anilines is 1. The number of alkyl halides is 3. The lowest BCUT2D eigenvalue weighted by Crippen LogP contribution is -2.25. The van der Waals surface area contributed by atoms with Gasteiger partial charge in [0.1, 0.15) is 0 Å². The van der Waals surface area contributed by atoms with Gasteiger partial charge in [-0.05, 0) is 54.3 Å². The molecule has 0 saturated carbocycles. The van der Waals surface area contributed by atoms with Crippen molar-refractivity contribution in [2.24, 2.45) is 0 Å². The Hall–Kier alpha value is -3.11. The number of hydrogen-bond donors (Lipinski definition) is 1. The topological polar surface area (TPSA) is 64.0 Å². The van der Waals surface area contributed by atoms with E-state index in [1.54, 1.807) is 40.2 Å². The van der Waals surface area contributed by atoms with Gasteiger partial charge in [0.05, 0.1) is 22.2 Å². The van der Waals surface area contributed by atoms with Crippen LogP contribution >= 0.6 is 23.1 Å². The van der Waals surface area contributed by atoms with E-state index in [0.29, 0.717) is 29.0 Å². The van der Waals surface area contributed by atoms with Crippen LogP contribution in [-0.4, -0.2) is 21.2 Å². The third-order valence-corrected chi connectivity index (χ3v) is 6.73. The number of nitrogens with zero attached hydrogens (tertiary/aromatic N) is 2. The zero-order valence-corrected chi connectivity index (χ0v) is 18.8. The predicted molar refractivity (Wildman–Crippen MR) is 125 cm³/mol. The van der Waals surface area contributed by atoms with Gasteiger partial charge in [0.15, 0.2) is 5.16 Å². The van der Waals surface area contributed by atoms with Gasteiger partial charge in [0, 0.05) is 17.1 Å². The van der Waals surface area contributed by atoms with Crippen molar-refractivity contribution >= 4 is 45.6 Å². The van der Waals surface area contributed by atoms with Gasteiger partial charge in [-0.15, -0.1) is 11.3 Å². The number of halogens is 3. The van der Waals surface area contributed by atoms with Crippen LogP contribution in [0.25, 0.3) is 10.9 Å². The molecule has 2 aromatic carbocycles. The lowest BCUT2D eigenvalue weighted by Gasteiger charge is -2.13. The van der Waals surface area contributed by atoms with E-state index in [9.17, 15) is 22.8 Å². The Kier molecular flexibility index (Phi) is 6.85. The van der Waals surface area contributed by atoms with E-state index in [0.717, 1.165) is 28.8 Å². The molecule has 0 aliphatic heterocycles. The molecule has 170 valence electrons. The second-order valence-electron chi connectivity index (χ2n) is 7.11. The summed E-state index contributed by atoms with van der Waals surface area (Å²) < 4.78 is 39.7. The number of para-hydroxylation sites is 1. The Labute approximate surface area is 195 Å². The molecular formula is C23H18F3N3O2S2. The number of amides is 1. The van der Waals surface area contributed by atoms with Crippen molar-refractivity contribution in [3.8, 4) is 0 Å². The molecule has 0 aliphatic carbocycles. The molecule has 0 spiro atoms. The van der Waals surface area contributed by atoms with Gasteiger partial charge in [-0.3, -0.25) is 14.2 Å². The van der Waals surface area contributed by atoms with Crippen molar-refractivity contribution in [2.45, 2.75) is 24.3 Å². The number of nitrogens with one attached hydrogen (secondary N) is 1. The molecular weight excluding hydrogens is 471 g/mol. The third kappa shape index (κ3) is 5.63. The minimum atomic E-state index is -4.44. The fourth-order valence-electron chi connectivity index (χ4n) is 3.20. The quantitative estimate of drug-likeness (QED) is 0.277. The molecule has 1 amide bonds. The average molecular weight is 490 g/mol. The summed E-state index contributed by atoms with van der Waals surface area (Å²) in [6, 6.07) is 15.2. The number of thioether (sulfide) groups is 1. The number of benzene rings is 2. The summed E-state index contributed by atoms with van der Waals surface area (Å²) in [4.78, 5) is 31.2. The number of thiophene rings is 1. The van der Waals surface area contributed by atoms with E-state index < -0.39 is 17.6 Å². The fraction of sp³-hybridized carbons (Fsp3) is 0.174. The maximum atomic E-state index is 13.1. The Bertz CT molecular complexity index is 1320. The Balaban J connectivity index is 1.50. The van der Waals surface area contributed by atoms with Crippen molar-refractivity contribution in [1.82, 2.24) is 9.55 Å². The summed E-state index contributed by atoms with van der Waals surface area (Å²) >= 11 is 2.71. The summed E-state index contributed by atoms with van der Waals surface area (Å²) in [5, 5.41) is 5.46. The highest BCUT2D eigenvalue weighted by molar-refractivity contribution is 7.99. The first-order valence-corrected chi connectivity index (χ1v) is 11.8. The number of aryl methyl sites for hydroxylation is 1. The molecule has 2 heterocycles. The van der Waals surface area contributed by atoms with E-state index in [1.165, 1.54) is 12.1 Å². The molecule has 1 N–H and O–H groups in total. The summed E-state index contributed by atoms with van der Waals surface area (Å²) in [7, 11) is 0. The summed E-state index contributed by atoms with van der Waals surface area (Å²) in [5.41, 5.74) is -0.163. The van der Waals surface area contributed by atoms with Crippen molar-refractivity contribution in [2.75, 3.05) is 11.1 Å². The molecule has 2 aromatic heterocycles. The molecule has 10 heteroatoms. The van der Waals surface area contributed by atoms with Crippen LogP contribution < -0.4 is 10.9 Å². The first-order chi connectivity index (χ1) is 15.8. The van der Waals surface area contributed by atoms with Gasteiger partial charge in [-0.25, -0.2) is 4.98 Å². The molecule has 0 aliphatic rings. The molecule has 4 aromatic rings.